The van der Waals surface area contributed by atoms with Crippen LogP contribution in [0.2, 0.25) is 0 Å². The molecule has 0 saturated heterocycles. The lowest BCUT2D eigenvalue weighted by Crippen LogP contribution is -2.47. The normalized spacial score (nSPS) is 11.5. The van der Waals surface area contributed by atoms with Crippen LogP contribution in [0.25, 0.3) is 10.6 Å². The van der Waals surface area contributed by atoms with Gasteiger partial charge in [0.05, 0.1) is 6.42 Å². The van der Waals surface area contributed by atoms with E-state index in [1.165, 1.54) is 18.4 Å². The summed E-state index contributed by atoms with van der Waals surface area (Å²) in [5.74, 6) is -1.70. The zero-order valence-electron chi connectivity index (χ0n) is 12.4. The number of rotatable bonds is 6. The summed E-state index contributed by atoms with van der Waals surface area (Å²) in [6.07, 6.45) is -0.277. The number of aromatic nitrogens is 1. The van der Waals surface area contributed by atoms with E-state index in [1.54, 1.807) is 5.38 Å². The van der Waals surface area contributed by atoms with Gasteiger partial charge in [-0.1, -0.05) is 30.3 Å². The summed E-state index contributed by atoms with van der Waals surface area (Å²) in [4.78, 5) is 39.2. The number of amides is 3. The molecule has 120 valence electrons. The quantitative estimate of drug-likeness (QED) is 0.716. The Kier molecular flexibility index (Phi) is 5.42. The van der Waals surface area contributed by atoms with E-state index >= 15 is 0 Å². The van der Waals surface area contributed by atoms with Gasteiger partial charge in [-0.25, -0.2) is 4.98 Å². The van der Waals surface area contributed by atoms with Gasteiger partial charge in [-0.3, -0.25) is 14.4 Å². The van der Waals surface area contributed by atoms with Crippen molar-refractivity contribution in [2.45, 2.75) is 12.5 Å². The largest absolute Gasteiger partial charge is 0.370 e. The Bertz CT molecular complexity index is 715. The predicted molar refractivity (Wildman–Crippen MR) is 86.7 cm³/mol. The lowest BCUT2D eigenvalue weighted by molar-refractivity contribution is -0.126. The number of primary amides is 1. The molecule has 0 aliphatic carbocycles. The van der Waals surface area contributed by atoms with Gasteiger partial charge in [0.2, 0.25) is 11.8 Å². The highest BCUT2D eigenvalue weighted by molar-refractivity contribution is 7.13. The first-order valence-electron chi connectivity index (χ1n) is 6.83. The van der Waals surface area contributed by atoms with Crippen molar-refractivity contribution in [2.24, 2.45) is 5.73 Å². The summed E-state index contributed by atoms with van der Waals surface area (Å²) in [7, 11) is 1.42. The van der Waals surface area contributed by atoms with Crippen molar-refractivity contribution in [1.82, 2.24) is 15.6 Å². The van der Waals surface area contributed by atoms with Crippen LogP contribution in [0.15, 0.2) is 35.7 Å². The number of carbonyl (C=O) groups is 3. The minimum absolute atomic E-state index is 0.187. The fourth-order valence-corrected chi connectivity index (χ4v) is 2.71. The number of nitrogens with one attached hydrogen (secondary N) is 2. The van der Waals surface area contributed by atoms with Gasteiger partial charge >= 0.3 is 0 Å². The zero-order valence-corrected chi connectivity index (χ0v) is 13.2. The third-order valence-corrected chi connectivity index (χ3v) is 3.92. The third-order valence-electron chi connectivity index (χ3n) is 3.03. The number of hydrogen-bond donors (Lipinski definition) is 3. The van der Waals surface area contributed by atoms with Crippen molar-refractivity contribution >= 4 is 29.1 Å². The Morgan fingerprint density at radius 3 is 2.57 bits per heavy atom. The molecule has 2 rings (SSSR count). The highest BCUT2D eigenvalue weighted by atomic mass is 32.1. The predicted octanol–water partition coefficient (Wildman–Crippen LogP) is 0.530. The molecule has 3 amide bonds. The van der Waals surface area contributed by atoms with Gasteiger partial charge in [-0.05, 0) is 0 Å². The lowest BCUT2D eigenvalue weighted by Gasteiger charge is -2.14. The number of benzene rings is 1. The SMILES string of the molecule is CNC(=O)[C@H](CC(N)=O)NC(=O)c1csc(-c2ccccc2)n1. The van der Waals surface area contributed by atoms with E-state index < -0.39 is 23.8 Å². The number of likely N-dealkylation sites (N-methyl/N-ethyl adjacent to an activating group) is 1. The van der Waals surface area contributed by atoms with Crippen LogP contribution in [0, 0.1) is 0 Å². The Hall–Kier alpha value is -2.74. The first kappa shape index (κ1) is 16.6. The molecule has 1 aromatic heterocycles. The Morgan fingerprint density at radius 1 is 1.26 bits per heavy atom. The molecule has 0 aliphatic rings. The molecular weight excluding hydrogens is 316 g/mol. The fourth-order valence-electron chi connectivity index (χ4n) is 1.91. The number of nitrogens with zero attached hydrogens (tertiary/aromatic N) is 1. The highest BCUT2D eigenvalue weighted by Crippen LogP contribution is 2.23. The first-order chi connectivity index (χ1) is 11.0. The van der Waals surface area contributed by atoms with Crippen molar-refractivity contribution in [3.05, 3.63) is 41.4 Å². The highest BCUT2D eigenvalue weighted by Gasteiger charge is 2.23. The van der Waals surface area contributed by atoms with E-state index in [0.29, 0.717) is 5.01 Å². The Morgan fingerprint density at radius 2 is 1.96 bits per heavy atom. The molecule has 4 N–H and O–H groups in total. The second-order valence-corrected chi connectivity index (χ2v) is 5.57. The molecule has 23 heavy (non-hydrogen) atoms. The molecular formula is C15H16N4O3S. The minimum Gasteiger partial charge on any atom is -0.370 e. The van der Waals surface area contributed by atoms with E-state index in [2.05, 4.69) is 15.6 Å². The maximum Gasteiger partial charge on any atom is 0.271 e. The molecule has 0 fully saturated rings. The molecule has 0 spiro atoms. The monoisotopic (exact) mass is 332 g/mol. The fraction of sp³-hybridized carbons (Fsp3) is 0.200. The summed E-state index contributed by atoms with van der Waals surface area (Å²) >= 11 is 1.32. The minimum atomic E-state index is -1.02. The van der Waals surface area contributed by atoms with Crippen molar-refractivity contribution in [3.63, 3.8) is 0 Å². The average Bonchev–Trinajstić information content (AvgIpc) is 3.04. The molecule has 8 heteroatoms. The second kappa shape index (κ2) is 7.50. The van der Waals surface area contributed by atoms with Gasteiger partial charge < -0.3 is 16.4 Å². The summed E-state index contributed by atoms with van der Waals surface area (Å²) in [6, 6.07) is 8.41. The number of thiazole rings is 1. The average molecular weight is 332 g/mol. The Balaban J connectivity index is 2.12. The molecule has 1 heterocycles. The van der Waals surface area contributed by atoms with Crippen LogP contribution in [0.4, 0.5) is 0 Å². The molecule has 0 saturated carbocycles. The van der Waals surface area contributed by atoms with Gasteiger partial charge in [-0.2, -0.15) is 0 Å². The second-order valence-electron chi connectivity index (χ2n) is 4.71. The van der Waals surface area contributed by atoms with Gasteiger partial charge in [0.15, 0.2) is 0 Å². The van der Waals surface area contributed by atoms with Crippen LogP contribution >= 0.6 is 11.3 Å². The van der Waals surface area contributed by atoms with Gasteiger partial charge in [0.1, 0.15) is 16.7 Å². The van der Waals surface area contributed by atoms with E-state index in [9.17, 15) is 14.4 Å². The van der Waals surface area contributed by atoms with Crippen molar-refractivity contribution < 1.29 is 14.4 Å². The maximum atomic E-state index is 12.2. The summed E-state index contributed by atoms with van der Waals surface area (Å²) in [5, 5.41) is 7.15. The third kappa shape index (κ3) is 4.36. The lowest BCUT2D eigenvalue weighted by atomic mass is 10.2. The van der Waals surface area contributed by atoms with Crippen LogP contribution in [-0.2, 0) is 9.59 Å². The number of hydrogen-bond acceptors (Lipinski definition) is 5. The molecule has 0 bridgehead atoms. The van der Waals surface area contributed by atoms with E-state index in [0.717, 1.165) is 5.56 Å². The van der Waals surface area contributed by atoms with Crippen LogP contribution in [0.5, 0.6) is 0 Å². The van der Waals surface area contributed by atoms with Crippen LogP contribution in [0.3, 0.4) is 0 Å². The zero-order chi connectivity index (χ0) is 16.8. The standard InChI is InChI=1S/C15H16N4O3S/c1-17-13(21)10(7-12(16)20)18-14(22)11-8-23-15(19-11)9-5-3-2-4-6-9/h2-6,8,10H,7H2,1H3,(H2,16,20)(H,17,21)(H,18,22)/t10-/m0/s1. The molecule has 7 nitrogen and oxygen atoms in total. The summed E-state index contributed by atoms with van der Waals surface area (Å²) in [6.45, 7) is 0. The topological polar surface area (TPSA) is 114 Å². The molecule has 0 unspecified atom stereocenters. The smallest absolute Gasteiger partial charge is 0.271 e. The summed E-state index contributed by atoms with van der Waals surface area (Å²) in [5.41, 5.74) is 6.18. The van der Waals surface area contributed by atoms with Gasteiger partial charge in [0.25, 0.3) is 5.91 Å². The van der Waals surface area contributed by atoms with Gasteiger partial charge in [0, 0.05) is 18.0 Å². The molecule has 1 aromatic carbocycles. The van der Waals surface area contributed by atoms with Crippen LogP contribution < -0.4 is 16.4 Å². The van der Waals surface area contributed by atoms with E-state index in [-0.39, 0.29) is 12.1 Å². The first-order valence-corrected chi connectivity index (χ1v) is 7.71. The molecule has 0 radical (unpaired) electrons. The number of carbonyl (C=O) groups excluding carboxylic acids is 3. The molecule has 1 atom stereocenters. The van der Waals surface area contributed by atoms with Crippen LogP contribution in [-0.4, -0.2) is 35.8 Å². The van der Waals surface area contributed by atoms with Gasteiger partial charge in [-0.15, -0.1) is 11.3 Å². The molecule has 2 aromatic rings. The van der Waals surface area contributed by atoms with Crippen molar-refractivity contribution in [2.75, 3.05) is 7.05 Å². The Labute approximate surface area is 136 Å². The number of nitrogens with two attached hydrogens (primary N) is 1. The van der Waals surface area contributed by atoms with E-state index in [4.69, 9.17) is 5.73 Å². The molecule has 0 aliphatic heterocycles. The summed E-state index contributed by atoms with van der Waals surface area (Å²) < 4.78 is 0. The van der Waals surface area contributed by atoms with Crippen molar-refractivity contribution in [3.8, 4) is 10.6 Å². The van der Waals surface area contributed by atoms with E-state index in [1.807, 2.05) is 30.3 Å². The maximum absolute atomic E-state index is 12.2. The van der Waals surface area contributed by atoms with Crippen LogP contribution in [0.1, 0.15) is 16.9 Å². The van der Waals surface area contributed by atoms with Crippen molar-refractivity contribution in [1.29, 1.82) is 0 Å².